The summed E-state index contributed by atoms with van der Waals surface area (Å²) in [5.74, 6) is 1.10. The van der Waals surface area contributed by atoms with Gasteiger partial charge in [-0.2, -0.15) is 0 Å². The third-order valence-electron chi connectivity index (χ3n) is 3.73. The maximum absolute atomic E-state index is 9.37. The smallest absolute Gasteiger partial charge is 0.155 e. The number of rotatable bonds is 2. The predicted molar refractivity (Wildman–Crippen MR) is 84.3 cm³/mol. The molecule has 1 N–H and O–H groups in total. The Morgan fingerprint density at radius 2 is 2.13 bits per heavy atom. The van der Waals surface area contributed by atoms with Crippen LogP contribution in [0.1, 0.15) is 0 Å². The van der Waals surface area contributed by atoms with Crippen molar-refractivity contribution in [2.45, 2.75) is 0 Å². The average Bonchev–Trinajstić information content (AvgIpc) is 3.07. The van der Waals surface area contributed by atoms with Gasteiger partial charge in [0.25, 0.3) is 0 Å². The van der Waals surface area contributed by atoms with Crippen LogP contribution < -0.4 is 10.1 Å². The van der Waals surface area contributed by atoms with E-state index in [1.54, 1.807) is 31.6 Å². The van der Waals surface area contributed by atoms with Gasteiger partial charge in [-0.3, -0.25) is 0 Å². The maximum Gasteiger partial charge on any atom is 0.155 e. The molecule has 0 spiro atoms. The van der Waals surface area contributed by atoms with E-state index in [-0.39, 0.29) is 0 Å². The van der Waals surface area contributed by atoms with Crippen LogP contribution in [0.25, 0.3) is 27.9 Å². The molecule has 1 aromatic carbocycles. The Bertz CT molecular complexity index is 1080. The lowest BCUT2D eigenvalue weighted by Crippen LogP contribution is -2.05. The normalized spacial score (nSPS) is 12.1. The van der Waals surface area contributed by atoms with E-state index < -0.39 is 0 Å². The SMILES string of the molecule is COc1cccc2oc(-c3cc4cccn4cn3)c/c(=N/O)c12. The maximum atomic E-state index is 9.37. The van der Waals surface area contributed by atoms with E-state index in [9.17, 15) is 5.21 Å². The van der Waals surface area contributed by atoms with Gasteiger partial charge in [0.05, 0.1) is 18.8 Å². The number of nitrogens with zero attached hydrogens (tertiary/aromatic N) is 3. The van der Waals surface area contributed by atoms with Crippen LogP contribution in [0.4, 0.5) is 0 Å². The summed E-state index contributed by atoms with van der Waals surface area (Å²) in [5.41, 5.74) is 2.22. The van der Waals surface area contributed by atoms with Gasteiger partial charge >= 0.3 is 0 Å². The van der Waals surface area contributed by atoms with Crippen LogP contribution >= 0.6 is 0 Å². The molecule has 0 atom stereocenters. The third-order valence-corrected chi connectivity index (χ3v) is 3.73. The number of hydrogen-bond acceptors (Lipinski definition) is 5. The first-order valence-corrected chi connectivity index (χ1v) is 7.02. The van der Waals surface area contributed by atoms with Crippen molar-refractivity contribution in [3.8, 4) is 17.2 Å². The Hall–Kier alpha value is -3.28. The molecule has 6 nitrogen and oxygen atoms in total. The van der Waals surface area contributed by atoms with E-state index in [0.717, 1.165) is 5.52 Å². The third kappa shape index (κ3) is 2.12. The van der Waals surface area contributed by atoms with Crippen molar-refractivity contribution >= 4 is 16.5 Å². The minimum absolute atomic E-state index is 0.371. The van der Waals surface area contributed by atoms with E-state index in [2.05, 4.69) is 10.1 Å². The molecule has 0 fully saturated rings. The second-order valence-electron chi connectivity index (χ2n) is 5.04. The van der Waals surface area contributed by atoms with E-state index in [4.69, 9.17) is 9.15 Å². The van der Waals surface area contributed by atoms with Crippen LogP contribution in [-0.4, -0.2) is 21.7 Å². The first kappa shape index (κ1) is 13.4. The molecule has 0 unspecified atom stereocenters. The zero-order valence-corrected chi connectivity index (χ0v) is 12.3. The first-order chi connectivity index (χ1) is 11.3. The summed E-state index contributed by atoms with van der Waals surface area (Å²) in [6, 6.07) is 12.9. The molecule has 23 heavy (non-hydrogen) atoms. The summed E-state index contributed by atoms with van der Waals surface area (Å²) in [6.45, 7) is 0. The van der Waals surface area contributed by atoms with Crippen LogP contribution in [0.15, 0.2) is 64.6 Å². The van der Waals surface area contributed by atoms with Crippen LogP contribution in [0, 0.1) is 0 Å². The molecule has 114 valence electrons. The van der Waals surface area contributed by atoms with Crippen molar-refractivity contribution < 1.29 is 14.4 Å². The van der Waals surface area contributed by atoms with Gasteiger partial charge in [-0.1, -0.05) is 11.2 Å². The van der Waals surface area contributed by atoms with Crippen molar-refractivity contribution in [1.29, 1.82) is 0 Å². The molecule has 4 aromatic rings. The first-order valence-electron chi connectivity index (χ1n) is 7.02. The van der Waals surface area contributed by atoms with Gasteiger partial charge in [-0.15, -0.1) is 0 Å². The zero-order valence-electron chi connectivity index (χ0n) is 12.3. The fourth-order valence-electron chi connectivity index (χ4n) is 2.64. The number of hydrogen-bond donors (Lipinski definition) is 1. The average molecular weight is 307 g/mol. The highest BCUT2D eigenvalue weighted by molar-refractivity contribution is 5.84. The lowest BCUT2D eigenvalue weighted by molar-refractivity contribution is 0.302. The van der Waals surface area contributed by atoms with Crippen molar-refractivity contribution in [3.05, 3.63) is 60.3 Å². The fraction of sp³-hybridized carbons (Fsp3) is 0.0588. The number of ether oxygens (including phenoxy) is 1. The highest BCUT2D eigenvalue weighted by atomic mass is 16.5. The van der Waals surface area contributed by atoms with Crippen molar-refractivity contribution in [1.82, 2.24) is 9.38 Å². The van der Waals surface area contributed by atoms with Crippen LogP contribution in [0.2, 0.25) is 0 Å². The quantitative estimate of drug-likeness (QED) is 0.456. The van der Waals surface area contributed by atoms with Crippen LogP contribution in [0.3, 0.4) is 0 Å². The van der Waals surface area contributed by atoms with E-state index >= 15 is 0 Å². The molecule has 0 saturated carbocycles. The summed E-state index contributed by atoms with van der Waals surface area (Å²) in [4.78, 5) is 4.39. The highest BCUT2D eigenvalue weighted by Gasteiger charge is 2.11. The second kappa shape index (κ2) is 5.17. The molecule has 3 aromatic heterocycles. The van der Waals surface area contributed by atoms with Crippen molar-refractivity contribution in [3.63, 3.8) is 0 Å². The van der Waals surface area contributed by atoms with Gasteiger partial charge in [0.2, 0.25) is 0 Å². The summed E-state index contributed by atoms with van der Waals surface area (Å²) >= 11 is 0. The molecule has 0 aliphatic carbocycles. The van der Waals surface area contributed by atoms with Crippen molar-refractivity contribution in [2.24, 2.45) is 5.16 Å². The van der Waals surface area contributed by atoms with Gasteiger partial charge < -0.3 is 18.8 Å². The number of methoxy groups -OCH3 is 1. The molecular weight excluding hydrogens is 294 g/mol. The standard InChI is InChI=1S/C17H13N3O3/c1-22-14-5-2-6-15-17(14)13(19-21)9-16(23-15)12-8-11-4-3-7-20(11)10-18-12/h2-10,21H,1H3/b19-13-. The summed E-state index contributed by atoms with van der Waals surface area (Å²) in [7, 11) is 1.56. The minimum atomic E-state index is 0.371. The molecule has 4 rings (SSSR count). The van der Waals surface area contributed by atoms with E-state index in [1.165, 1.54) is 0 Å². The molecular formula is C17H13N3O3. The van der Waals surface area contributed by atoms with Crippen LogP contribution in [0.5, 0.6) is 5.75 Å². The van der Waals surface area contributed by atoms with Gasteiger partial charge in [-0.05, 0) is 30.3 Å². The Labute approximate surface area is 130 Å². The highest BCUT2D eigenvalue weighted by Crippen LogP contribution is 2.26. The lowest BCUT2D eigenvalue weighted by atomic mass is 10.1. The molecule has 0 aliphatic rings. The number of aromatic nitrogens is 2. The fourth-order valence-corrected chi connectivity index (χ4v) is 2.64. The molecule has 3 heterocycles. The molecule has 0 bridgehead atoms. The topological polar surface area (TPSA) is 72.3 Å². The summed E-state index contributed by atoms with van der Waals surface area (Å²) in [6.07, 6.45) is 3.63. The molecule has 0 amide bonds. The minimum Gasteiger partial charge on any atom is -0.496 e. The molecule has 0 radical (unpaired) electrons. The zero-order chi connectivity index (χ0) is 15.8. The van der Waals surface area contributed by atoms with Gasteiger partial charge in [0, 0.05) is 17.8 Å². The van der Waals surface area contributed by atoms with Crippen LogP contribution in [-0.2, 0) is 0 Å². The van der Waals surface area contributed by atoms with Crippen molar-refractivity contribution in [2.75, 3.05) is 7.11 Å². The van der Waals surface area contributed by atoms with Gasteiger partial charge in [0.15, 0.2) is 5.76 Å². The Kier molecular flexibility index (Phi) is 3.01. The molecule has 0 saturated heterocycles. The largest absolute Gasteiger partial charge is 0.496 e. The Morgan fingerprint density at radius 3 is 2.96 bits per heavy atom. The van der Waals surface area contributed by atoms with Gasteiger partial charge in [0.1, 0.15) is 22.4 Å². The Balaban J connectivity index is 2.01. The number of fused-ring (bicyclic) bond motifs is 2. The lowest BCUT2D eigenvalue weighted by Gasteiger charge is -2.07. The number of benzene rings is 1. The summed E-state index contributed by atoms with van der Waals surface area (Å²) < 4.78 is 13.2. The molecule has 0 aliphatic heterocycles. The van der Waals surface area contributed by atoms with E-state index in [1.807, 2.05) is 34.9 Å². The predicted octanol–water partition coefficient (Wildman–Crippen LogP) is 3.05. The second-order valence-corrected chi connectivity index (χ2v) is 5.04. The molecule has 6 heteroatoms. The Morgan fingerprint density at radius 1 is 1.22 bits per heavy atom. The monoisotopic (exact) mass is 307 g/mol. The van der Waals surface area contributed by atoms with E-state index in [0.29, 0.717) is 33.5 Å². The summed E-state index contributed by atoms with van der Waals surface area (Å²) in [5, 5.41) is 13.7. The van der Waals surface area contributed by atoms with Gasteiger partial charge in [-0.25, -0.2) is 4.98 Å².